The van der Waals surface area contributed by atoms with E-state index in [1.165, 1.54) is 23.2 Å². The topological polar surface area (TPSA) is 99.6 Å². The Balaban J connectivity index is 2.06. The molecule has 10 heteroatoms. The van der Waals surface area contributed by atoms with Crippen molar-refractivity contribution in [2.45, 2.75) is 0 Å². The summed E-state index contributed by atoms with van der Waals surface area (Å²) >= 11 is 16.7. The van der Waals surface area contributed by atoms with Gasteiger partial charge in [0.25, 0.3) is 0 Å². The first kappa shape index (κ1) is 15.6. The highest BCUT2D eigenvalue weighted by Crippen LogP contribution is 2.40. The smallest absolute Gasteiger partial charge is 0.219 e. The zero-order valence-corrected chi connectivity index (χ0v) is 13.5. The Labute approximate surface area is 144 Å². The number of furan rings is 1. The molecule has 2 aromatic heterocycles. The third kappa shape index (κ3) is 2.83. The normalized spacial score (nSPS) is 11.4. The summed E-state index contributed by atoms with van der Waals surface area (Å²) in [7, 11) is 0. The van der Waals surface area contributed by atoms with Crippen molar-refractivity contribution in [3.8, 4) is 23.1 Å². The van der Waals surface area contributed by atoms with Crippen LogP contribution < -0.4 is 0 Å². The van der Waals surface area contributed by atoms with Crippen molar-refractivity contribution in [1.82, 2.24) is 14.9 Å². The summed E-state index contributed by atoms with van der Waals surface area (Å²) in [6, 6.07) is 4.72. The minimum absolute atomic E-state index is 0.0173. The summed E-state index contributed by atoms with van der Waals surface area (Å²) in [5.74, 6) is 0.0539. The van der Waals surface area contributed by atoms with E-state index < -0.39 is 5.75 Å². The molecule has 0 amide bonds. The van der Waals surface area contributed by atoms with Crippen molar-refractivity contribution < 1.29 is 14.6 Å². The first-order valence-electron chi connectivity index (χ1n) is 6.14. The molecular weight excluding hydrogens is 363 g/mol. The summed E-state index contributed by atoms with van der Waals surface area (Å²) < 4.78 is 6.79. The Morgan fingerprint density at radius 2 is 2.13 bits per heavy atom. The van der Waals surface area contributed by atoms with Crippen LogP contribution in [0.1, 0.15) is 5.56 Å². The number of phenols is 2. The van der Waals surface area contributed by atoms with Crippen LogP contribution in [0.4, 0.5) is 0 Å². The van der Waals surface area contributed by atoms with E-state index in [-0.39, 0.29) is 26.1 Å². The van der Waals surface area contributed by atoms with Gasteiger partial charge in [-0.15, -0.1) is 5.10 Å². The van der Waals surface area contributed by atoms with Crippen LogP contribution in [0.2, 0.25) is 10.0 Å². The first-order valence-corrected chi connectivity index (χ1v) is 7.31. The fourth-order valence-corrected chi connectivity index (χ4v) is 2.45. The number of phenolic OH excluding ortho intramolecular Hbond substituents is 2. The van der Waals surface area contributed by atoms with Crippen molar-refractivity contribution in [2.24, 2.45) is 5.10 Å². The van der Waals surface area contributed by atoms with Gasteiger partial charge in [0.05, 0.1) is 17.5 Å². The van der Waals surface area contributed by atoms with Crippen LogP contribution in [-0.4, -0.2) is 31.3 Å². The van der Waals surface area contributed by atoms with Crippen molar-refractivity contribution in [1.29, 1.82) is 0 Å². The molecule has 0 unspecified atom stereocenters. The van der Waals surface area contributed by atoms with Gasteiger partial charge in [-0.3, -0.25) is 0 Å². The molecule has 3 N–H and O–H groups in total. The summed E-state index contributed by atoms with van der Waals surface area (Å²) in [5, 5.41) is 30.0. The molecule has 1 aromatic carbocycles. The maximum atomic E-state index is 9.93. The predicted octanol–water partition coefficient (Wildman–Crippen LogP) is 3.80. The van der Waals surface area contributed by atoms with E-state index in [0.29, 0.717) is 11.6 Å². The fourth-order valence-electron chi connectivity index (χ4n) is 1.80. The predicted molar refractivity (Wildman–Crippen MR) is 87.9 cm³/mol. The van der Waals surface area contributed by atoms with Crippen LogP contribution in [0, 0.1) is 4.77 Å². The van der Waals surface area contributed by atoms with E-state index in [1.807, 2.05) is 0 Å². The van der Waals surface area contributed by atoms with Gasteiger partial charge in [0.15, 0.2) is 11.5 Å². The van der Waals surface area contributed by atoms with Gasteiger partial charge in [0.1, 0.15) is 10.8 Å². The van der Waals surface area contributed by atoms with Crippen LogP contribution in [0.25, 0.3) is 11.6 Å². The van der Waals surface area contributed by atoms with E-state index in [2.05, 4.69) is 15.3 Å². The van der Waals surface area contributed by atoms with E-state index in [9.17, 15) is 10.2 Å². The number of benzene rings is 1. The molecule has 0 saturated heterocycles. The largest absolute Gasteiger partial charge is 0.506 e. The highest BCUT2D eigenvalue weighted by atomic mass is 35.5. The van der Waals surface area contributed by atoms with Crippen molar-refractivity contribution in [2.75, 3.05) is 0 Å². The lowest BCUT2D eigenvalue weighted by Crippen LogP contribution is -1.95. The number of hydrogen-bond donors (Lipinski definition) is 3. The number of hydrogen-bond acceptors (Lipinski definition) is 6. The molecule has 23 heavy (non-hydrogen) atoms. The number of aromatic amines is 1. The van der Waals surface area contributed by atoms with Crippen molar-refractivity contribution in [3.63, 3.8) is 0 Å². The molecule has 0 bridgehead atoms. The van der Waals surface area contributed by atoms with E-state index in [1.54, 1.807) is 12.1 Å². The number of aromatic nitrogens is 3. The second kappa shape index (κ2) is 6.07. The molecule has 0 aliphatic carbocycles. The van der Waals surface area contributed by atoms with Gasteiger partial charge in [-0.05, 0) is 30.4 Å². The SMILES string of the molecule is Oc1c(Cl)cc(/C=N\n2c(-c3ccco3)n[nH]c2=S)c(O)c1Cl. The second-order valence-corrected chi connectivity index (χ2v) is 5.52. The molecule has 0 saturated carbocycles. The van der Waals surface area contributed by atoms with Crippen LogP contribution in [0.3, 0.4) is 0 Å². The maximum Gasteiger partial charge on any atom is 0.219 e. The van der Waals surface area contributed by atoms with Crippen LogP contribution in [0.15, 0.2) is 34.0 Å². The van der Waals surface area contributed by atoms with Crippen LogP contribution in [-0.2, 0) is 0 Å². The average molecular weight is 371 g/mol. The third-order valence-electron chi connectivity index (χ3n) is 2.90. The second-order valence-electron chi connectivity index (χ2n) is 4.34. The standard InChI is InChI=1S/C13H8Cl2N4O3S/c14-7-4-6(10(20)9(15)11(7)21)5-16-19-12(17-18-13(19)23)8-2-1-3-22-8/h1-5,20-21H,(H,18,23)/b16-5-. The quantitative estimate of drug-likeness (QED) is 0.480. The van der Waals surface area contributed by atoms with Gasteiger partial charge in [-0.2, -0.15) is 9.78 Å². The Morgan fingerprint density at radius 3 is 2.83 bits per heavy atom. The average Bonchev–Trinajstić information content (AvgIpc) is 3.17. The molecule has 0 spiro atoms. The fraction of sp³-hybridized carbons (Fsp3) is 0. The van der Waals surface area contributed by atoms with Gasteiger partial charge < -0.3 is 14.6 Å². The lowest BCUT2D eigenvalue weighted by molar-refractivity contribution is 0.450. The Kier molecular flexibility index (Phi) is 4.12. The van der Waals surface area contributed by atoms with Gasteiger partial charge in [0.2, 0.25) is 10.6 Å². The highest BCUT2D eigenvalue weighted by Gasteiger charge is 2.14. The summed E-state index contributed by atoms with van der Waals surface area (Å²) in [6.07, 6.45) is 2.77. The third-order valence-corrected chi connectivity index (χ3v) is 3.81. The first-order chi connectivity index (χ1) is 11.0. The zero-order chi connectivity index (χ0) is 16.6. The van der Waals surface area contributed by atoms with Gasteiger partial charge >= 0.3 is 0 Å². The number of nitrogens with zero attached hydrogens (tertiary/aromatic N) is 3. The number of nitrogens with one attached hydrogen (secondary N) is 1. The van der Waals surface area contributed by atoms with Crippen molar-refractivity contribution >= 4 is 41.6 Å². The summed E-state index contributed by atoms with van der Waals surface area (Å²) in [5.41, 5.74) is 0.200. The van der Waals surface area contributed by atoms with Crippen molar-refractivity contribution in [3.05, 3.63) is 44.8 Å². The summed E-state index contributed by atoms with van der Waals surface area (Å²) in [6.45, 7) is 0. The number of rotatable bonds is 3. The molecule has 0 atom stereocenters. The van der Waals surface area contributed by atoms with Crippen LogP contribution >= 0.6 is 35.4 Å². The zero-order valence-electron chi connectivity index (χ0n) is 11.2. The molecule has 3 aromatic rings. The number of aromatic hydroxyl groups is 2. The maximum absolute atomic E-state index is 9.93. The lowest BCUT2D eigenvalue weighted by atomic mass is 10.2. The highest BCUT2D eigenvalue weighted by molar-refractivity contribution is 7.71. The summed E-state index contributed by atoms with van der Waals surface area (Å²) in [4.78, 5) is 0. The van der Waals surface area contributed by atoms with E-state index in [0.717, 1.165) is 0 Å². The van der Waals surface area contributed by atoms with Crippen LogP contribution in [0.5, 0.6) is 11.5 Å². The molecule has 118 valence electrons. The molecule has 3 rings (SSSR count). The Hall–Kier alpha value is -2.29. The monoisotopic (exact) mass is 370 g/mol. The minimum Gasteiger partial charge on any atom is -0.506 e. The minimum atomic E-state index is -0.404. The van der Waals surface area contributed by atoms with E-state index >= 15 is 0 Å². The molecule has 0 aliphatic rings. The number of halogens is 2. The molecule has 7 nitrogen and oxygen atoms in total. The molecule has 0 radical (unpaired) electrons. The van der Waals surface area contributed by atoms with Gasteiger partial charge in [-0.25, -0.2) is 5.10 Å². The van der Waals surface area contributed by atoms with Gasteiger partial charge in [-0.1, -0.05) is 23.2 Å². The molecular formula is C13H8Cl2N4O3S. The van der Waals surface area contributed by atoms with Gasteiger partial charge in [0, 0.05) is 5.56 Å². The molecule has 0 fully saturated rings. The lowest BCUT2D eigenvalue weighted by Gasteiger charge is -2.05. The van der Waals surface area contributed by atoms with E-state index in [4.69, 9.17) is 39.8 Å². The Morgan fingerprint density at radius 1 is 1.35 bits per heavy atom. The molecule has 2 heterocycles. The Bertz CT molecular complexity index is 947. The number of H-pyrrole nitrogens is 1. The molecule has 0 aliphatic heterocycles.